The van der Waals surface area contributed by atoms with Crippen LogP contribution in [-0.4, -0.2) is 41.6 Å². The van der Waals surface area contributed by atoms with Crippen LogP contribution in [0.1, 0.15) is 50.7 Å². The van der Waals surface area contributed by atoms with Crippen LogP contribution in [0.25, 0.3) is 0 Å². The summed E-state index contributed by atoms with van der Waals surface area (Å²) in [4.78, 5) is 30.3. The maximum absolute atomic E-state index is 13.8. The first kappa shape index (κ1) is 21.0. The molecule has 5 rings (SSSR count). The average molecular weight is 434 g/mol. The fourth-order valence-corrected chi connectivity index (χ4v) is 5.54. The number of carbonyl (C=O) groups is 2. The zero-order valence-electron chi connectivity index (χ0n) is 18.8. The minimum absolute atomic E-state index is 0.0984. The Morgan fingerprint density at radius 2 is 1.62 bits per heavy atom. The second kappa shape index (κ2) is 8.58. The van der Waals surface area contributed by atoms with Crippen LogP contribution in [0.3, 0.4) is 0 Å². The van der Waals surface area contributed by atoms with Gasteiger partial charge in [0.25, 0.3) is 0 Å². The minimum atomic E-state index is -0.486. The Balaban J connectivity index is 1.49. The Labute approximate surface area is 189 Å². The molecule has 6 nitrogen and oxygen atoms in total. The lowest BCUT2D eigenvalue weighted by Gasteiger charge is -2.29. The maximum atomic E-state index is 13.8. The van der Waals surface area contributed by atoms with E-state index in [0.717, 1.165) is 29.8 Å². The number of hydrogen-bond acceptors (Lipinski definition) is 4. The molecule has 2 aromatic carbocycles. The summed E-state index contributed by atoms with van der Waals surface area (Å²) in [6.07, 6.45) is 5.87. The lowest BCUT2D eigenvalue weighted by Crippen LogP contribution is -2.40. The van der Waals surface area contributed by atoms with Gasteiger partial charge in [-0.1, -0.05) is 24.3 Å². The number of fused-ring (bicyclic) bond motifs is 4. The number of nitrogens with zero attached hydrogens (tertiary/aromatic N) is 2. The van der Waals surface area contributed by atoms with E-state index in [2.05, 4.69) is 16.3 Å². The van der Waals surface area contributed by atoms with Gasteiger partial charge in [-0.05, 0) is 81.7 Å². The van der Waals surface area contributed by atoms with Crippen LogP contribution in [0.2, 0.25) is 0 Å². The smallest absolute Gasteiger partial charge is 0.411 e. The highest BCUT2D eigenvalue weighted by Crippen LogP contribution is 2.40. The second-order valence-corrected chi connectivity index (χ2v) is 9.42. The SMILES string of the molecule is CC(C)OC(=O)Nc1ccc2c(c1)N(C(=O)CN1[C@H]3CC[C@@H]1CC3)c1ccccc1CC2. The van der Waals surface area contributed by atoms with E-state index in [-0.39, 0.29) is 12.0 Å². The summed E-state index contributed by atoms with van der Waals surface area (Å²) in [5, 5.41) is 2.81. The molecule has 2 fully saturated rings. The van der Waals surface area contributed by atoms with Crippen LogP contribution in [0.15, 0.2) is 42.5 Å². The van der Waals surface area contributed by atoms with Gasteiger partial charge in [-0.2, -0.15) is 0 Å². The van der Waals surface area contributed by atoms with Crippen molar-refractivity contribution in [3.05, 3.63) is 53.6 Å². The lowest BCUT2D eigenvalue weighted by atomic mass is 10.0. The molecule has 0 atom stereocenters. The van der Waals surface area contributed by atoms with Gasteiger partial charge in [0, 0.05) is 17.8 Å². The zero-order valence-corrected chi connectivity index (χ0v) is 18.8. The molecular formula is C26H31N3O3. The summed E-state index contributed by atoms with van der Waals surface area (Å²) >= 11 is 0. The zero-order chi connectivity index (χ0) is 22.2. The van der Waals surface area contributed by atoms with E-state index in [1.807, 2.05) is 55.1 Å². The second-order valence-electron chi connectivity index (χ2n) is 9.42. The van der Waals surface area contributed by atoms with Crippen molar-refractivity contribution in [2.45, 2.75) is 70.6 Å². The highest BCUT2D eigenvalue weighted by atomic mass is 16.6. The van der Waals surface area contributed by atoms with Gasteiger partial charge in [0.2, 0.25) is 5.91 Å². The van der Waals surface area contributed by atoms with Gasteiger partial charge < -0.3 is 4.74 Å². The van der Waals surface area contributed by atoms with Crippen LogP contribution >= 0.6 is 0 Å². The summed E-state index contributed by atoms with van der Waals surface area (Å²) in [6.45, 7) is 4.08. The third-order valence-corrected chi connectivity index (χ3v) is 6.98. The highest BCUT2D eigenvalue weighted by Gasteiger charge is 2.41. The van der Waals surface area contributed by atoms with E-state index in [0.29, 0.717) is 24.3 Å². The number of anilines is 3. The number of carbonyl (C=O) groups excluding carboxylic acids is 2. The highest BCUT2D eigenvalue weighted by molar-refractivity contribution is 6.04. The Hall–Kier alpha value is -2.86. The standard InChI is InChI=1S/C26H31N3O3/c1-17(2)32-26(31)27-20-10-9-19-8-7-18-5-3-4-6-23(18)29(24(19)15-20)25(30)16-28-21-11-12-22(28)14-13-21/h3-6,9-10,15,17,21-22H,7-8,11-14,16H2,1-2H3,(H,27,31)/t21-,22+. The Bertz CT molecular complexity index is 1010. The molecule has 2 bridgehead atoms. The van der Waals surface area contributed by atoms with Crippen LogP contribution < -0.4 is 10.2 Å². The number of amides is 2. The van der Waals surface area contributed by atoms with Crippen molar-refractivity contribution in [2.75, 3.05) is 16.8 Å². The molecule has 3 aliphatic rings. The van der Waals surface area contributed by atoms with E-state index in [1.54, 1.807) is 0 Å². The van der Waals surface area contributed by atoms with Gasteiger partial charge in [-0.15, -0.1) is 0 Å². The van der Waals surface area contributed by atoms with Crippen molar-refractivity contribution >= 4 is 29.1 Å². The van der Waals surface area contributed by atoms with Crippen molar-refractivity contribution < 1.29 is 14.3 Å². The fraction of sp³-hybridized carbons (Fsp3) is 0.462. The van der Waals surface area contributed by atoms with Crippen LogP contribution in [0.5, 0.6) is 0 Å². The van der Waals surface area contributed by atoms with Gasteiger partial charge in [0.15, 0.2) is 0 Å². The summed E-state index contributed by atoms with van der Waals surface area (Å²) < 4.78 is 5.24. The predicted octanol–water partition coefficient (Wildman–Crippen LogP) is 5.03. The van der Waals surface area contributed by atoms with Crippen molar-refractivity contribution in [2.24, 2.45) is 0 Å². The average Bonchev–Trinajstić information content (AvgIpc) is 3.27. The number of ether oxygens (including phenoxy) is 1. The first-order valence-electron chi connectivity index (χ1n) is 11.8. The maximum Gasteiger partial charge on any atom is 0.411 e. The number of nitrogens with one attached hydrogen (secondary N) is 1. The number of rotatable bonds is 4. The molecular weight excluding hydrogens is 402 g/mol. The van der Waals surface area contributed by atoms with Gasteiger partial charge >= 0.3 is 6.09 Å². The molecule has 2 amide bonds. The molecule has 0 aliphatic carbocycles. The molecule has 3 aliphatic heterocycles. The normalized spacial score (nSPS) is 21.8. The van der Waals surface area contributed by atoms with Crippen LogP contribution in [-0.2, 0) is 22.4 Å². The van der Waals surface area contributed by atoms with Gasteiger partial charge in [0.05, 0.1) is 24.0 Å². The monoisotopic (exact) mass is 433 g/mol. The fourth-order valence-electron chi connectivity index (χ4n) is 5.54. The number of para-hydroxylation sites is 1. The molecule has 3 heterocycles. The van der Waals surface area contributed by atoms with E-state index >= 15 is 0 Å². The van der Waals surface area contributed by atoms with Crippen LogP contribution in [0, 0.1) is 0 Å². The number of aryl methyl sites for hydroxylation is 2. The lowest BCUT2D eigenvalue weighted by molar-refractivity contribution is -0.119. The molecule has 0 radical (unpaired) electrons. The molecule has 0 unspecified atom stereocenters. The summed E-state index contributed by atoms with van der Waals surface area (Å²) in [5.41, 5.74) is 4.73. The molecule has 6 heteroatoms. The van der Waals surface area contributed by atoms with Crippen molar-refractivity contribution in [1.82, 2.24) is 4.90 Å². The van der Waals surface area contributed by atoms with Gasteiger partial charge in [-0.3, -0.25) is 19.9 Å². The van der Waals surface area contributed by atoms with Crippen molar-refractivity contribution in [3.8, 4) is 0 Å². The Morgan fingerprint density at radius 1 is 0.969 bits per heavy atom. The number of hydrogen-bond donors (Lipinski definition) is 1. The largest absolute Gasteiger partial charge is 0.447 e. The van der Waals surface area contributed by atoms with E-state index in [9.17, 15) is 9.59 Å². The number of benzene rings is 2. The topological polar surface area (TPSA) is 61.9 Å². The summed E-state index contributed by atoms with van der Waals surface area (Å²) in [7, 11) is 0. The molecule has 2 saturated heterocycles. The van der Waals surface area contributed by atoms with Crippen molar-refractivity contribution in [3.63, 3.8) is 0 Å². The molecule has 0 aromatic heterocycles. The quantitative estimate of drug-likeness (QED) is 0.734. The Morgan fingerprint density at radius 3 is 2.31 bits per heavy atom. The molecule has 0 saturated carbocycles. The molecule has 0 spiro atoms. The van der Waals surface area contributed by atoms with Crippen molar-refractivity contribution in [1.29, 1.82) is 0 Å². The summed E-state index contributed by atoms with van der Waals surface area (Å²) in [5.74, 6) is 0.0984. The molecule has 32 heavy (non-hydrogen) atoms. The third kappa shape index (κ3) is 3.99. The van der Waals surface area contributed by atoms with E-state index in [4.69, 9.17) is 4.74 Å². The molecule has 168 valence electrons. The Kier molecular flexibility index (Phi) is 5.64. The van der Waals surface area contributed by atoms with Gasteiger partial charge in [-0.25, -0.2) is 4.79 Å². The molecule has 2 aromatic rings. The first-order chi connectivity index (χ1) is 15.5. The molecule has 1 N–H and O–H groups in total. The predicted molar refractivity (Wildman–Crippen MR) is 125 cm³/mol. The van der Waals surface area contributed by atoms with E-state index < -0.39 is 6.09 Å². The summed E-state index contributed by atoms with van der Waals surface area (Å²) in [6, 6.07) is 15.1. The van der Waals surface area contributed by atoms with E-state index in [1.165, 1.54) is 31.2 Å². The minimum Gasteiger partial charge on any atom is -0.447 e. The van der Waals surface area contributed by atoms with Crippen LogP contribution in [0.4, 0.5) is 21.9 Å². The first-order valence-corrected chi connectivity index (χ1v) is 11.8. The third-order valence-electron chi connectivity index (χ3n) is 6.98. The van der Waals surface area contributed by atoms with Gasteiger partial charge in [0.1, 0.15) is 0 Å².